The molecular weight excluding hydrogens is 447 g/mol. The molecule has 2 aromatic carbocycles. The summed E-state index contributed by atoms with van der Waals surface area (Å²) in [6.07, 6.45) is 0. The van der Waals surface area contributed by atoms with E-state index in [0.717, 1.165) is 26.9 Å². The maximum absolute atomic E-state index is 13.3. The molecule has 174 valence electrons. The lowest BCUT2D eigenvalue weighted by Crippen LogP contribution is -2.40. The summed E-state index contributed by atoms with van der Waals surface area (Å²) in [5.41, 5.74) is -0.899. The largest absolute Gasteiger partial charge is 0.494 e. The molecule has 0 saturated heterocycles. The van der Waals surface area contributed by atoms with Gasteiger partial charge in [-0.25, -0.2) is 9.18 Å². The van der Waals surface area contributed by atoms with Gasteiger partial charge in [0.25, 0.3) is 5.56 Å². The first-order valence-corrected chi connectivity index (χ1v) is 10.2. The summed E-state index contributed by atoms with van der Waals surface area (Å²) in [5, 5.41) is 10.3. The third-order valence-corrected chi connectivity index (χ3v) is 4.79. The van der Waals surface area contributed by atoms with E-state index < -0.39 is 28.9 Å². The van der Waals surface area contributed by atoms with Crippen molar-refractivity contribution in [3.8, 4) is 23.0 Å². The van der Waals surface area contributed by atoms with Gasteiger partial charge >= 0.3 is 17.5 Å². The van der Waals surface area contributed by atoms with Gasteiger partial charge in [0, 0.05) is 19.2 Å². The number of aromatic nitrogens is 5. The maximum atomic E-state index is 13.3. The van der Waals surface area contributed by atoms with Gasteiger partial charge in [-0.1, -0.05) is 23.4 Å². The van der Waals surface area contributed by atoms with Gasteiger partial charge in [-0.2, -0.15) is 14.8 Å². The zero-order valence-corrected chi connectivity index (χ0v) is 18.2. The lowest BCUT2D eigenvalue weighted by atomic mass is 10.2. The summed E-state index contributed by atoms with van der Waals surface area (Å²) >= 11 is 0. The van der Waals surface area contributed by atoms with Crippen LogP contribution in [0.4, 0.5) is 4.39 Å². The molecule has 1 N–H and O–H groups in total. The second kappa shape index (κ2) is 9.48. The van der Waals surface area contributed by atoms with E-state index >= 15 is 0 Å². The molecule has 2 heterocycles. The summed E-state index contributed by atoms with van der Waals surface area (Å²) in [6, 6.07) is 12.2. The number of ether oxygens (including phenoxy) is 1. The molecule has 0 saturated carbocycles. The van der Waals surface area contributed by atoms with Gasteiger partial charge in [0.05, 0.1) is 12.3 Å². The molecule has 0 aliphatic carbocycles. The van der Waals surface area contributed by atoms with Crippen molar-refractivity contribution in [1.29, 1.82) is 0 Å². The van der Waals surface area contributed by atoms with Gasteiger partial charge in [0.15, 0.2) is 5.69 Å². The van der Waals surface area contributed by atoms with Crippen LogP contribution in [-0.2, 0) is 13.6 Å². The molecule has 4 rings (SSSR count). The van der Waals surface area contributed by atoms with E-state index in [1.165, 1.54) is 19.2 Å². The van der Waals surface area contributed by atoms with Crippen LogP contribution in [0.5, 0.6) is 5.75 Å². The predicted octanol–water partition coefficient (Wildman–Crippen LogP) is 1.45. The van der Waals surface area contributed by atoms with Crippen molar-refractivity contribution in [2.45, 2.75) is 13.5 Å². The molecule has 0 bridgehead atoms. The van der Waals surface area contributed by atoms with Crippen molar-refractivity contribution in [3.63, 3.8) is 0 Å². The Balaban J connectivity index is 1.60. The van der Waals surface area contributed by atoms with Crippen molar-refractivity contribution in [2.24, 2.45) is 7.05 Å². The molecular formula is C22H19FN6O5. The molecule has 0 radical (unpaired) electrons. The number of amides is 1. The fraction of sp³-hybridized carbons (Fsp3) is 0.182. The number of hydrogen-bond acceptors (Lipinski definition) is 8. The average Bonchev–Trinajstić information content (AvgIpc) is 3.33. The van der Waals surface area contributed by atoms with E-state index in [0.29, 0.717) is 12.4 Å². The smallest absolute Gasteiger partial charge is 0.351 e. The first-order chi connectivity index (χ1) is 16.4. The lowest BCUT2D eigenvalue weighted by molar-refractivity contribution is 0.0906. The van der Waals surface area contributed by atoms with E-state index in [2.05, 4.69) is 20.6 Å². The Kier molecular flexibility index (Phi) is 6.30. The molecule has 0 atom stereocenters. The van der Waals surface area contributed by atoms with Crippen LogP contribution in [0.25, 0.3) is 17.2 Å². The summed E-state index contributed by atoms with van der Waals surface area (Å²) in [4.78, 5) is 41.6. The van der Waals surface area contributed by atoms with Crippen LogP contribution >= 0.6 is 0 Å². The molecule has 12 heteroatoms. The molecule has 1 amide bonds. The predicted molar refractivity (Wildman–Crippen MR) is 117 cm³/mol. The highest BCUT2D eigenvalue weighted by atomic mass is 19.1. The van der Waals surface area contributed by atoms with Crippen LogP contribution in [0.15, 0.2) is 62.6 Å². The number of nitrogens with one attached hydrogen (secondary N) is 1. The minimum atomic E-state index is -0.790. The molecule has 0 aliphatic heterocycles. The fourth-order valence-electron chi connectivity index (χ4n) is 3.07. The molecule has 2 aromatic heterocycles. The molecule has 0 unspecified atom stereocenters. The third kappa shape index (κ3) is 4.46. The number of carbonyl (C=O) groups is 1. The quantitative estimate of drug-likeness (QED) is 0.433. The first-order valence-electron chi connectivity index (χ1n) is 10.2. The summed E-state index contributed by atoms with van der Waals surface area (Å²) in [5.74, 6) is -1.22. The van der Waals surface area contributed by atoms with Crippen LogP contribution in [0, 0.1) is 5.82 Å². The highest BCUT2D eigenvalue weighted by molar-refractivity contribution is 5.89. The molecule has 34 heavy (non-hydrogen) atoms. The summed E-state index contributed by atoms with van der Waals surface area (Å²) in [7, 11) is 1.25. The zero-order chi connectivity index (χ0) is 24.2. The van der Waals surface area contributed by atoms with Crippen LogP contribution in [-0.4, -0.2) is 37.0 Å². The molecule has 0 spiro atoms. The number of halogens is 1. The minimum Gasteiger partial charge on any atom is -0.494 e. The summed E-state index contributed by atoms with van der Waals surface area (Å²) in [6.45, 7) is 2.47. The SMILES string of the molecule is CCOc1ccccc1CNC(=O)c1nc(-c2nn(-c3ccc(F)cc3)c(=O)n(C)c2=O)no1. The topological polar surface area (TPSA) is 134 Å². The number of nitrogens with zero attached hydrogens (tertiary/aromatic N) is 5. The van der Waals surface area contributed by atoms with E-state index in [1.807, 2.05) is 19.1 Å². The van der Waals surface area contributed by atoms with Gasteiger partial charge < -0.3 is 14.6 Å². The van der Waals surface area contributed by atoms with Crippen LogP contribution in [0.3, 0.4) is 0 Å². The van der Waals surface area contributed by atoms with Crippen molar-refractivity contribution in [2.75, 3.05) is 6.61 Å². The van der Waals surface area contributed by atoms with Crippen molar-refractivity contribution < 1.29 is 18.4 Å². The number of hydrogen-bond donors (Lipinski definition) is 1. The number of carbonyl (C=O) groups excluding carboxylic acids is 1. The van der Waals surface area contributed by atoms with Gasteiger partial charge in [0.2, 0.25) is 5.82 Å². The van der Waals surface area contributed by atoms with E-state index in [9.17, 15) is 18.8 Å². The second-order valence-corrected chi connectivity index (χ2v) is 7.03. The molecule has 0 aliphatic rings. The van der Waals surface area contributed by atoms with Crippen molar-refractivity contribution in [1.82, 2.24) is 29.8 Å². The Labute approximate surface area is 191 Å². The second-order valence-electron chi connectivity index (χ2n) is 7.03. The molecule has 4 aromatic rings. The normalized spacial score (nSPS) is 10.8. The van der Waals surface area contributed by atoms with E-state index in [1.54, 1.807) is 12.1 Å². The average molecular weight is 466 g/mol. The van der Waals surface area contributed by atoms with Crippen LogP contribution < -0.4 is 21.3 Å². The lowest BCUT2D eigenvalue weighted by Gasteiger charge is -2.09. The van der Waals surface area contributed by atoms with E-state index in [4.69, 9.17) is 9.26 Å². The Morgan fingerprint density at radius 1 is 1.15 bits per heavy atom. The van der Waals surface area contributed by atoms with E-state index in [-0.39, 0.29) is 23.8 Å². The standard InChI is InChI=1S/C22H19FN6O5/c1-3-33-16-7-5-4-6-13(16)12-24-19(30)20-25-18(27-34-20)17-21(31)28(2)22(32)29(26-17)15-10-8-14(23)9-11-15/h4-11H,3,12H2,1-2H3,(H,24,30). The highest BCUT2D eigenvalue weighted by Gasteiger charge is 2.22. The Morgan fingerprint density at radius 3 is 2.62 bits per heavy atom. The van der Waals surface area contributed by atoms with Gasteiger partial charge in [-0.05, 0) is 37.3 Å². The van der Waals surface area contributed by atoms with Gasteiger partial charge in [-0.15, -0.1) is 0 Å². The first kappa shape index (κ1) is 22.6. The van der Waals surface area contributed by atoms with Gasteiger partial charge in [0.1, 0.15) is 11.6 Å². The number of benzene rings is 2. The zero-order valence-electron chi connectivity index (χ0n) is 18.2. The summed E-state index contributed by atoms with van der Waals surface area (Å²) < 4.78 is 25.5. The number of para-hydroxylation sites is 1. The van der Waals surface area contributed by atoms with Crippen LogP contribution in [0.2, 0.25) is 0 Å². The Bertz CT molecular complexity index is 1460. The minimum absolute atomic E-state index is 0.141. The monoisotopic (exact) mass is 466 g/mol. The third-order valence-electron chi connectivity index (χ3n) is 4.79. The maximum Gasteiger partial charge on any atom is 0.351 e. The van der Waals surface area contributed by atoms with Crippen molar-refractivity contribution in [3.05, 3.63) is 86.6 Å². The van der Waals surface area contributed by atoms with Crippen LogP contribution in [0.1, 0.15) is 23.2 Å². The Hall–Kier alpha value is -4.61. The highest BCUT2D eigenvalue weighted by Crippen LogP contribution is 2.18. The fourth-order valence-corrected chi connectivity index (χ4v) is 3.07. The molecule has 0 fully saturated rings. The van der Waals surface area contributed by atoms with Crippen molar-refractivity contribution >= 4 is 5.91 Å². The Morgan fingerprint density at radius 2 is 1.88 bits per heavy atom. The number of rotatable bonds is 7. The van der Waals surface area contributed by atoms with Gasteiger partial charge in [-0.3, -0.25) is 14.2 Å². The molecule has 11 nitrogen and oxygen atoms in total.